The first kappa shape index (κ1) is 19.3. The summed E-state index contributed by atoms with van der Waals surface area (Å²) >= 11 is 0. The van der Waals surface area contributed by atoms with Crippen molar-refractivity contribution in [3.63, 3.8) is 0 Å². The van der Waals surface area contributed by atoms with Gasteiger partial charge in [0, 0.05) is 23.4 Å². The van der Waals surface area contributed by atoms with Crippen LogP contribution in [0.25, 0.3) is 0 Å². The minimum absolute atomic E-state index is 0.00859. The van der Waals surface area contributed by atoms with Gasteiger partial charge in [-0.25, -0.2) is 4.79 Å². The predicted molar refractivity (Wildman–Crippen MR) is 110 cm³/mol. The van der Waals surface area contributed by atoms with Crippen LogP contribution in [-0.4, -0.2) is 27.8 Å². The topological polar surface area (TPSA) is 116 Å². The molecule has 30 heavy (non-hydrogen) atoms. The van der Waals surface area contributed by atoms with Gasteiger partial charge in [0.2, 0.25) is 0 Å². The van der Waals surface area contributed by atoms with Crippen LogP contribution in [0.15, 0.2) is 65.5 Å². The molecule has 1 aliphatic carbocycles. The molecule has 150 valence electrons. The molecule has 0 saturated carbocycles. The lowest BCUT2D eigenvalue weighted by atomic mass is 9.81. The summed E-state index contributed by atoms with van der Waals surface area (Å²) < 4.78 is 0. The molecule has 0 unspecified atom stereocenters. The van der Waals surface area contributed by atoms with Gasteiger partial charge in [-0.05, 0) is 42.2 Å². The number of ketones is 1. The summed E-state index contributed by atoms with van der Waals surface area (Å²) in [7, 11) is 0. The lowest BCUT2D eigenvalue weighted by molar-refractivity contribution is 0.0696. The molecular formula is C23H18N2O5. The highest BCUT2D eigenvalue weighted by Gasteiger charge is 2.28. The zero-order chi connectivity index (χ0) is 21.3. The average Bonchev–Trinajstić information content (AvgIpc) is 2.74. The Balaban J connectivity index is 1.61. The minimum atomic E-state index is -1.13. The number of amides is 1. The summed E-state index contributed by atoms with van der Waals surface area (Å²) in [5.41, 5.74) is 1.35. The molecule has 1 heterocycles. The predicted octanol–water partition coefficient (Wildman–Crippen LogP) is 3.24. The molecule has 0 radical (unpaired) electrons. The number of aromatic amines is 1. The van der Waals surface area contributed by atoms with Gasteiger partial charge in [-0.1, -0.05) is 36.4 Å². The van der Waals surface area contributed by atoms with Crippen LogP contribution in [0, 0.1) is 0 Å². The summed E-state index contributed by atoms with van der Waals surface area (Å²) in [5, 5.41) is 11.6. The fraction of sp³-hybridized carbons (Fsp3) is 0.130. The van der Waals surface area contributed by atoms with E-state index in [1.54, 1.807) is 0 Å². The zero-order valence-corrected chi connectivity index (χ0v) is 15.8. The summed E-state index contributed by atoms with van der Waals surface area (Å²) in [4.78, 5) is 51.6. The smallest absolute Gasteiger partial charge is 0.335 e. The van der Waals surface area contributed by atoms with E-state index in [0.29, 0.717) is 24.1 Å². The van der Waals surface area contributed by atoms with Crippen LogP contribution in [0.1, 0.15) is 54.7 Å². The molecule has 1 aromatic heterocycles. The Morgan fingerprint density at radius 1 is 0.967 bits per heavy atom. The summed E-state index contributed by atoms with van der Waals surface area (Å²) in [6.07, 6.45) is 0.799. The summed E-state index contributed by atoms with van der Waals surface area (Å²) in [6, 6.07) is 16.6. The third-order valence-corrected chi connectivity index (χ3v) is 5.19. The van der Waals surface area contributed by atoms with Gasteiger partial charge >= 0.3 is 5.97 Å². The van der Waals surface area contributed by atoms with Crippen LogP contribution in [0.3, 0.4) is 0 Å². The Kier molecular flexibility index (Phi) is 5.02. The number of aromatic carboxylic acids is 1. The molecule has 1 atom stereocenters. The highest BCUT2D eigenvalue weighted by molar-refractivity contribution is 6.07. The molecule has 0 aliphatic heterocycles. The molecule has 0 bridgehead atoms. The van der Waals surface area contributed by atoms with E-state index >= 15 is 0 Å². The van der Waals surface area contributed by atoms with E-state index in [1.165, 1.54) is 30.3 Å². The molecule has 2 aromatic carbocycles. The Bertz CT molecular complexity index is 1210. The molecule has 0 saturated heterocycles. The van der Waals surface area contributed by atoms with Gasteiger partial charge in [0.15, 0.2) is 5.78 Å². The molecule has 1 aliphatic rings. The first-order valence-electron chi connectivity index (χ1n) is 9.41. The lowest BCUT2D eigenvalue weighted by Crippen LogP contribution is -2.29. The van der Waals surface area contributed by atoms with Crippen molar-refractivity contribution in [1.82, 2.24) is 4.98 Å². The number of aromatic nitrogens is 1. The maximum atomic E-state index is 12.7. The quantitative estimate of drug-likeness (QED) is 0.619. The molecule has 0 fully saturated rings. The number of H-pyrrole nitrogens is 1. The molecule has 1 amide bonds. The molecule has 7 heteroatoms. The number of Topliss-reactive ketones (excluding diaryl/α,β-unsaturated/α-hetero) is 1. The van der Waals surface area contributed by atoms with Gasteiger partial charge < -0.3 is 15.4 Å². The molecular weight excluding hydrogens is 384 g/mol. The molecule has 3 aromatic rings. The maximum Gasteiger partial charge on any atom is 0.335 e. The number of carboxylic acid groups (broad SMARTS) is 1. The fourth-order valence-corrected chi connectivity index (χ4v) is 3.69. The van der Waals surface area contributed by atoms with E-state index < -0.39 is 17.4 Å². The average molecular weight is 402 g/mol. The Morgan fingerprint density at radius 3 is 2.47 bits per heavy atom. The number of carboxylic acids is 1. The van der Waals surface area contributed by atoms with Crippen LogP contribution >= 0.6 is 0 Å². The van der Waals surface area contributed by atoms with Crippen LogP contribution < -0.4 is 10.9 Å². The first-order valence-corrected chi connectivity index (χ1v) is 9.41. The van der Waals surface area contributed by atoms with E-state index in [9.17, 15) is 19.2 Å². The number of hydrogen-bond donors (Lipinski definition) is 3. The van der Waals surface area contributed by atoms with Gasteiger partial charge in [0.25, 0.3) is 11.5 Å². The summed E-state index contributed by atoms with van der Waals surface area (Å²) in [5.74, 6) is -2.00. The van der Waals surface area contributed by atoms with Gasteiger partial charge in [-0.2, -0.15) is 0 Å². The van der Waals surface area contributed by atoms with E-state index in [-0.39, 0.29) is 28.5 Å². The Hall–Kier alpha value is -4.00. The van der Waals surface area contributed by atoms with Crippen molar-refractivity contribution in [2.45, 2.75) is 18.8 Å². The third-order valence-electron chi connectivity index (χ3n) is 5.19. The number of benzene rings is 2. The third kappa shape index (κ3) is 3.77. The number of carbonyl (C=O) groups excluding carboxylic acids is 2. The van der Waals surface area contributed by atoms with Gasteiger partial charge in [0.1, 0.15) is 5.56 Å². The standard InChI is InChI=1S/C23H18N2O5/c26-20-11-15(13-5-2-1-3-6-13)10-19-17(20)12-18(22(28)25-19)21(27)24-16-8-4-7-14(9-16)23(29)30/h1-9,12,15H,10-11H2,(H,24,27)(H,25,28)(H,29,30)/t15-/m0/s1. The molecule has 7 nitrogen and oxygen atoms in total. The second-order valence-corrected chi connectivity index (χ2v) is 7.18. The normalized spacial score (nSPS) is 15.3. The largest absolute Gasteiger partial charge is 0.478 e. The number of hydrogen-bond acceptors (Lipinski definition) is 4. The van der Waals surface area contributed by atoms with Crippen LogP contribution in [-0.2, 0) is 6.42 Å². The van der Waals surface area contributed by atoms with Crippen molar-refractivity contribution in [3.8, 4) is 0 Å². The van der Waals surface area contributed by atoms with Gasteiger partial charge in [-0.15, -0.1) is 0 Å². The highest BCUT2D eigenvalue weighted by atomic mass is 16.4. The van der Waals surface area contributed by atoms with Crippen LogP contribution in [0.5, 0.6) is 0 Å². The number of fused-ring (bicyclic) bond motifs is 1. The number of pyridine rings is 1. The fourth-order valence-electron chi connectivity index (χ4n) is 3.69. The van der Waals surface area contributed by atoms with Crippen molar-refractivity contribution in [2.75, 3.05) is 5.32 Å². The maximum absolute atomic E-state index is 12.7. The molecule has 3 N–H and O–H groups in total. The van der Waals surface area contributed by atoms with E-state index in [2.05, 4.69) is 10.3 Å². The Morgan fingerprint density at radius 2 is 1.73 bits per heavy atom. The van der Waals surface area contributed by atoms with E-state index in [1.807, 2.05) is 30.3 Å². The van der Waals surface area contributed by atoms with E-state index in [4.69, 9.17) is 5.11 Å². The highest BCUT2D eigenvalue weighted by Crippen LogP contribution is 2.31. The number of anilines is 1. The number of rotatable bonds is 4. The van der Waals surface area contributed by atoms with Crippen molar-refractivity contribution in [1.29, 1.82) is 0 Å². The summed E-state index contributed by atoms with van der Waals surface area (Å²) in [6.45, 7) is 0. The molecule has 4 rings (SSSR count). The number of nitrogens with one attached hydrogen (secondary N) is 2. The Labute approximate surface area is 171 Å². The van der Waals surface area contributed by atoms with Gasteiger partial charge in [-0.3, -0.25) is 14.4 Å². The van der Waals surface area contributed by atoms with E-state index in [0.717, 1.165) is 5.56 Å². The van der Waals surface area contributed by atoms with Crippen LogP contribution in [0.2, 0.25) is 0 Å². The second-order valence-electron chi connectivity index (χ2n) is 7.18. The lowest BCUT2D eigenvalue weighted by Gasteiger charge is -2.24. The minimum Gasteiger partial charge on any atom is -0.478 e. The SMILES string of the molecule is O=C(O)c1cccc(NC(=O)c2cc3c([nH]c2=O)C[C@H](c2ccccc2)CC3=O)c1. The van der Waals surface area contributed by atoms with Crippen molar-refractivity contribution in [3.05, 3.63) is 99.0 Å². The monoisotopic (exact) mass is 402 g/mol. The zero-order valence-electron chi connectivity index (χ0n) is 15.8. The second kappa shape index (κ2) is 7.79. The van der Waals surface area contributed by atoms with Crippen molar-refractivity contribution >= 4 is 23.3 Å². The van der Waals surface area contributed by atoms with Crippen molar-refractivity contribution in [2.24, 2.45) is 0 Å². The van der Waals surface area contributed by atoms with Crippen LogP contribution in [0.4, 0.5) is 5.69 Å². The molecule has 0 spiro atoms. The van der Waals surface area contributed by atoms with Gasteiger partial charge in [0.05, 0.1) is 5.56 Å². The van der Waals surface area contributed by atoms with Crippen molar-refractivity contribution < 1.29 is 19.5 Å². The first-order chi connectivity index (χ1) is 14.4. The number of carbonyl (C=O) groups is 3.